The second-order valence-electron chi connectivity index (χ2n) is 6.07. The molecule has 2 aromatic carbocycles. The first-order valence-corrected chi connectivity index (χ1v) is 8.83. The largest absolute Gasteiger partial charge is 0.492 e. The normalized spacial score (nSPS) is 15.4. The zero-order chi connectivity index (χ0) is 16.2. The molecule has 1 atom stereocenters. The second kappa shape index (κ2) is 7.45. The van der Waals surface area contributed by atoms with Gasteiger partial charge in [-0.05, 0) is 48.9 Å². The van der Waals surface area contributed by atoms with Crippen molar-refractivity contribution in [3.05, 3.63) is 63.9 Å². The average molecular weight is 378 g/mol. The van der Waals surface area contributed by atoms with Crippen LogP contribution in [0.4, 0.5) is 4.39 Å². The van der Waals surface area contributed by atoms with Gasteiger partial charge in [0.1, 0.15) is 18.2 Å². The number of benzene rings is 2. The summed E-state index contributed by atoms with van der Waals surface area (Å²) in [6.07, 6.45) is 2.64. The molecule has 0 aliphatic heterocycles. The molecule has 0 heterocycles. The van der Waals surface area contributed by atoms with Gasteiger partial charge in [0.15, 0.2) is 0 Å². The topological polar surface area (TPSA) is 21.3 Å². The highest BCUT2D eigenvalue weighted by molar-refractivity contribution is 9.10. The lowest BCUT2D eigenvalue weighted by Gasteiger charge is -2.16. The summed E-state index contributed by atoms with van der Waals surface area (Å²) in [5.41, 5.74) is 2.76. The van der Waals surface area contributed by atoms with E-state index in [1.165, 1.54) is 36.1 Å². The Morgan fingerprint density at radius 2 is 2.09 bits per heavy atom. The van der Waals surface area contributed by atoms with Gasteiger partial charge in [0.2, 0.25) is 0 Å². The summed E-state index contributed by atoms with van der Waals surface area (Å²) < 4.78 is 19.5. The van der Waals surface area contributed by atoms with Crippen molar-refractivity contribution in [1.29, 1.82) is 0 Å². The van der Waals surface area contributed by atoms with Crippen molar-refractivity contribution < 1.29 is 9.13 Å². The summed E-state index contributed by atoms with van der Waals surface area (Å²) in [5.74, 6) is 1.02. The lowest BCUT2D eigenvalue weighted by molar-refractivity contribution is 0.306. The van der Waals surface area contributed by atoms with Gasteiger partial charge in [0.05, 0.1) is 0 Å². The van der Waals surface area contributed by atoms with Gasteiger partial charge in [-0.2, -0.15) is 0 Å². The van der Waals surface area contributed by atoms with Gasteiger partial charge in [-0.3, -0.25) is 0 Å². The molecular weight excluding hydrogens is 357 g/mol. The van der Waals surface area contributed by atoms with Gasteiger partial charge in [0.25, 0.3) is 0 Å². The fourth-order valence-electron chi connectivity index (χ4n) is 2.67. The molecule has 0 spiro atoms. The minimum absolute atomic E-state index is 0.275. The molecule has 1 aliphatic carbocycles. The third kappa shape index (κ3) is 4.79. The van der Waals surface area contributed by atoms with Crippen LogP contribution in [0.25, 0.3) is 0 Å². The van der Waals surface area contributed by atoms with Gasteiger partial charge < -0.3 is 10.1 Å². The van der Waals surface area contributed by atoms with Crippen LogP contribution in [0.3, 0.4) is 0 Å². The molecule has 122 valence electrons. The number of rotatable bonds is 7. The first kappa shape index (κ1) is 16.5. The summed E-state index contributed by atoms with van der Waals surface area (Å²) in [4.78, 5) is 0. The SMILES string of the molecule is CC(NCCOc1cc(F)cc(Br)c1)c1cccc(C2CC2)c1. The molecule has 2 nitrogen and oxygen atoms in total. The van der Waals surface area contributed by atoms with E-state index in [0.717, 1.165) is 5.92 Å². The van der Waals surface area contributed by atoms with Crippen LogP contribution in [0, 0.1) is 5.82 Å². The number of hydrogen-bond donors (Lipinski definition) is 1. The monoisotopic (exact) mass is 377 g/mol. The summed E-state index contributed by atoms with van der Waals surface area (Å²) >= 11 is 3.26. The fourth-order valence-corrected chi connectivity index (χ4v) is 3.12. The molecule has 1 fully saturated rings. The van der Waals surface area contributed by atoms with Gasteiger partial charge >= 0.3 is 0 Å². The van der Waals surface area contributed by atoms with Crippen LogP contribution in [0.5, 0.6) is 5.75 Å². The molecule has 4 heteroatoms. The Balaban J connectivity index is 1.47. The molecule has 3 rings (SSSR count). The molecule has 1 aliphatic rings. The van der Waals surface area contributed by atoms with E-state index in [2.05, 4.69) is 52.4 Å². The predicted molar refractivity (Wildman–Crippen MR) is 94.4 cm³/mol. The van der Waals surface area contributed by atoms with Crippen LogP contribution in [0.1, 0.15) is 42.9 Å². The van der Waals surface area contributed by atoms with Gasteiger partial charge in [-0.15, -0.1) is 0 Å². The number of ether oxygens (including phenoxy) is 1. The van der Waals surface area contributed by atoms with E-state index < -0.39 is 0 Å². The molecule has 0 amide bonds. The van der Waals surface area contributed by atoms with E-state index in [1.54, 1.807) is 6.07 Å². The highest BCUT2D eigenvalue weighted by atomic mass is 79.9. The molecule has 1 saturated carbocycles. The highest BCUT2D eigenvalue weighted by Gasteiger charge is 2.23. The molecular formula is C19H21BrFNO. The van der Waals surface area contributed by atoms with Crippen LogP contribution in [0.15, 0.2) is 46.9 Å². The third-order valence-corrected chi connectivity index (χ3v) is 4.57. The third-order valence-electron chi connectivity index (χ3n) is 4.12. The minimum Gasteiger partial charge on any atom is -0.492 e. The van der Waals surface area contributed by atoms with E-state index >= 15 is 0 Å². The zero-order valence-corrected chi connectivity index (χ0v) is 14.8. The molecule has 0 radical (unpaired) electrons. The molecule has 0 saturated heterocycles. The van der Waals surface area contributed by atoms with Crippen LogP contribution in [-0.4, -0.2) is 13.2 Å². The Hall–Kier alpha value is -1.39. The molecule has 0 aromatic heterocycles. The average Bonchev–Trinajstić information content (AvgIpc) is 3.35. The maximum Gasteiger partial charge on any atom is 0.128 e. The van der Waals surface area contributed by atoms with E-state index in [9.17, 15) is 4.39 Å². The van der Waals surface area contributed by atoms with Crippen molar-refractivity contribution in [1.82, 2.24) is 5.32 Å². The molecule has 23 heavy (non-hydrogen) atoms. The highest BCUT2D eigenvalue weighted by Crippen LogP contribution is 2.40. The second-order valence-corrected chi connectivity index (χ2v) is 6.99. The summed E-state index contributed by atoms with van der Waals surface area (Å²) in [7, 11) is 0. The van der Waals surface area contributed by atoms with E-state index in [0.29, 0.717) is 23.4 Å². The maximum atomic E-state index is 13.3. The summed E-state index contributed by atoms with van der Waals surface area (Å²) in [6, 6.07) is 13.7. The first-order chi connectivity index (χ1) is 11.1. The molecule has 1 unspecified atom stereocenters. The Bertz CT molecular complexity index is 652. The van der Waals surface area contributed by atoms with Crippen molar-refractivity contribution in [2.45, 2.75) is 31.7 Å². The summed E-state index contributed by atoms with van der Waals surface area (Å²) in [5, 5.41) is 3.45. The first-order valence-electron chi connectivity index (χ1n) is 8.04. The Morgan fingerprint density at radius 1 is 1.26 bits per heavy atom. The van der Waals surface area contributed by atoms with Crippen LogP contribution < -0.4 is 10.1 Å². The van der Waals surface area contributed by atoms with Crippen molar-refractivity contribution in [2.75, 3.05) is 13.2 Å². The number of halogens is 2. The standard InChI is InChI=1S/C19H21BrFNO/c1-13(15-3-2-4-16(9-15)14-5-6-14)22-7-8-23-19-11-17(20)10-18(21)12-19/h2-4,9-14,22H,5-8H2,1H3. The van der Waals surface area contributed by atoms with Crippen LogP contribution in [0.2, 0.25) is 0 Å². The van der Waals surface area contributed by atoms with Crippen LogP contribution >= 0.6 is 15.9 Å². The number of hydrogen-bond acceptors (Lipinski definition) is 2. The Kier molecular flexibility index (Phi) is 5.34. The fraction of sp³-hybridized carbons (Fsp3) is 0.368. The number of nitrogens with one attached hydrogen (secondary N) is 1. The van der Waals surface area contributed by atoms with Crippen LogP contribution in [-0.2, 0) is 0 Å². The zero-order valence-electron chi connectivity index (χ0n) is 13.2. The Morgan fingerprint density at radius 3 is 2.83 bits per heavy atom. The molecule has 2 aromatic rings. The van der Waals surface area contributed by atoms with Crippen molar-refractivity contribution >= 4 is 15.9 Å². The van der Waals surface area contributed by atoms with Crippen molar-refractivity contribution in [2.24, 2.45) is 0 Å². The Labute approximate surface area is 145 Å². The smallest absolute Gasteiger partial charge is 0.128 e. The van der Waals surface area contributed by atoms with Crippen molar-refractivity contribution in [3.63, 3.8) is 0 Å². The molecule has 1 N–H and O–H groups in total. The van der Waals surface area contributed by atoms with Crippen molar-refractivity contribution in [3.8, 4) is 5.75 Å². The van der Waals surface area contributed by atoms with Gasteiger partial charge in [-0.25, -0.2) is 4.39 Å². The summed E-state index contributed by atoms with van der Waals surface area (Å²) in [6.45, 7) is 3.37. The minimum atomic E-state index is -0.299. The lowest BCUT2D eigenvalue weighted by atomic mass is 10.0. The predicted octanol–water partition coefficient (Wildman–Crippen LogP) is 5.20. The van der Waals surface area contributed by atoms with E-state index in [4.69, 9.17) is 4.74 Å². The maximum absolute atomic E-state index is 13.3. The van der Waals surface area contributed by atoms with Gasteiger partial charge in [0, 0.05) is 23.1 Å². The van der Waals surface area contributed by atoms with Gasteiger partial charge in [-0.1, -0.05) is 40.2 Å². The molecule has 0 bridgehead atoms. The van der Waals surface area contributed by atoms with E-state index in [1.807, 2.05) is 0 Å². The van der Waals surface area contributed by atoms with E-state index in [-0.39, 0.29) is 11.9 Å². The quantitative estimate of drug-likeness (QED) is 0.669. The lowest BCUT2D eigenvalue weighted by Crippen LogP contribution is -2.24.